The lowest BCUT2D eigenvalue weighted by Gasteiger charge is -2.09. The second-order valence-electron chi connectivity index (χ2n) is 5.39. The number of benzene rings is 2. The van der Waals surface area contributed by atoms with Gasteiger partial charge in [0.1, 0.15) is 6.33 Å². The van der Waals surface area contributed by atoms with Crippen LogP contribution in [0.25, 0.3) is 10.9 Å². The number of carbonyl (C=O) groups excluding carboxylic acids is 1. The highest BCUT2D eigenvalue weighted by Gasteiger charge is 2.08. The van der Waals surface area contributed by atoms with Crippen LogP contribution in [0.4, 0.5) is 0 Å². The summed E-state index contributed by atoms with van der Waals surface area (Å²) in [5.74, 6) is 0.198. The maximum atomic E-state index is 12.0. The van der Waals surface area contributed by atoms with Crippen molar-refractivity contribution in [1.29, 1.82) is 0 Å². The van der Waals surface area contributed by atoms with Crippen LogP contribution in [0.2, 0.25) is 0 Å². The van der Waals surface area contributed by atoms with Crippen molar-refractivity contribution in [2.24, 2.45) is 0 Å². The number of halogens is 1. The Morgan fingerprint density at radius 1 is 1.17 bits per heavy atom. The van der Waals surface area contributed by atoms with Crippen LogP contribution in [0.1, 0.15) is 11.1 Å². The summed E-state index contributed by atoms with van der Waals surface area (Å²) in [6, 6.07) is 13.7. The number of ether oxygens (including phenoxy) is 1. The van der Waals surface area contributed by atoms with Crippen LogP contribution in [0, 0.1) is 6.92 Å². The minimum absolute atomic E-state index is 0.0928. The molecule has 0 fully saturated rings. The van der Waals surface area contributed by atoms with Gasteiger partial charge in [0.2, 0.25) is 5.88 Å². The standard InChI is InChI=1S/C18H16BrN3O2/c1-12-2-4-13(5-3-12)9-20-17(23)10-24-18-15-8-14(19)6-7-16(15)21-11-22-18/h2-8,11H,9-10H2,1H3,(H,20,23). The summed E-state index contributed by atoms with van der Waals surface area (Å²) in [5.41, 5.74) is 3.00. The average Bonchev–Trinajstić information content (AvgIpc) is 2.59. The van der Waals surface area contributed by atoms with Crippen LogP contribution in [-0.4, -0.2) is 22.5 Å². The third kappa shape index (κ3) is 4.08. The van der Waals surface area contributed by atoms with E-state index in [1.807, 2.05) is 49.4 Å². The number of rotatable bonds is 5. The predicted molar refractivity (Wildman–Crippen MR) is 95.8 cm³/mol. The minimum Gasteiger partial charge on any atom is -0.467 e. The van der Waals surface area contributed by atoms with E-state index in [1.165, 1.54) is 11.9 Å². The average molecular weight is 386 g/mol. The van der Waals surface area contributed by atoms with Gasteiger partial charge in [-0.25, -0.2) is 9.97 Å². The summed E-state index contributed by atoms with van der Waals surface area (Å²) in [6.07, 6.45) is 1.43. The number of amides is 1. The van der Waals surface area contributed by atoms with Gasteiger partial charge >= 0.3 is 0 Å². The molecule has 0 saturated heterocycles. The number of fused-ring (bicyclic) bond motifs is 1. The first-order valence-electron chi connectivity index (χ1n) is 7.47. The molecule has 6 heteroatoms. The molecule has 0 aliphatic carbocycles. The van der Waals surface area contributed by atoms with Gasteiger partial charge in [-0.15, -0.1) is 0 Å². The van der Waals surface area contributed by atoms with Gasteiger partial charge in [-0.05, 0) is 30.7 Å². The highest BCUT2D eigenvalue weighted by atomic mass is 79.9. The number of nitrogens with one attached hydrogen (secondary N) is 1. The molecule has 0 spiro atoms. The molecule has 0 aliphatic heterocycles. The van der Waals surface area contributed by atoms with E-state index in [2.05, 4.69) is 31.2 Å². The molecule has 1 aromatic heterocycles. The van der Waals surface area contributed by atoms with Gasteiger partial charge in [-0.1, -0.05) is 45.8 Å². The molecular weight excluding hydrogens is 370 g/mol. The SMILES string of the molecule is Cc1ccc(CNC(=O)COc2ncnc3ccc(Br)cc23)cc1. The van der Waals surface area contributed by atoms with Crippen molar-refractivity contribution in [2.75, 3.05) is 6.61 Å². The summed E-state index contributed by atoms with van der Waals surface area (Å²) < 4.78 is 6.46. The van der Waals surface area contributed by atoms with Crippen LogP contribution < -0.4 is 10.1 Å². The zero-order valence-corrected chi connectivity index (χ0v) is 14.7. The monoisotopic (exact) mass is 385 g/mol. The van der Waals surface area contributed by atoms with Gasteiger partial charge < -0.3 is 10.1 Å². The van der Waals surface area contributed by atoms with E-state index in [0.717, 1.165) is 20.9 Å². The normalized spacial score (nSPS) is 10.6. The fraction of sp³-hybridized carbons (Fsp3) is 0.167. The van der Waals surface area contributed by atoms with Crippen molar-refractivity contribution < 1.29 is 9.53 Å². The molecular formula is C18H16BrN3O2. The number of nitrogens with zero attached hydrogens (tertiary/aromatic N) is 2. The van der Waals surface area contributed by atoms with E-state index in [-0.39, 0.29) is 12.5 Å². The Kier molecular flexibility index (Phi) is 5.05. The summed E-state index contributed by atoms with van der Waals surface area (Å²) in [4.78, 5) is 20.3. The molecule has 0 bridgehead atoms. The van der Waals surface area contributed by atoms with Crippen LogP contribution >= 0.6 is 15.9 Å². The largest absolute Gasteiger partial charge is 0.467 e. The second-order valence-corrected chi connectivity index (χ2v) is 6.31. The van der Waals surface area contributed by atoms with Crippen LogP contribution in [0.3, 0.4) is 0 Å². The number of aryl methyl sites for hydroxylation is 1. The fourth-order valence-electron chi connectivity index (χ4n) is 2.21. The highest BCUT2D eigenvalue weighted by Crippen LogP contribution is 2.24. The molecule has 0 saturated carbocycles. The second kappa shape index (κ2) is 7.40. The molecule has 3 aromatic rings. The maximum Gasteiger partial charge on any atom is 0.258 e. The van der Waals surface area contributed by atoms with Crippen LogP contribution in [0.15, 0.2) is 53.3 Å². The Morgan fingerprint density at radius 2 is 1.96 bits per heavy atom. The highest BCUT2D eigenvalue weighted by molar-refractivity contribution is 9.10. The quantitative estimate of drug-likeness (QED) is 0.730. The van der Waals surface area contributed by atoms with Crippen LogP contribution in [-0.2, 0) is 11.3 Å². The molecule has 1 heterocycles. The molecule has 3 rings (SSSR count). The summed E-state index contributed by atoms with van der Waals surface area (Å²) in [7, 11) is 0. The molecule has 0 atom stereocenters. The summed E-state index contributed by atoms with van der Waals surface area (Å²) in [5, 5.41) is 3.59. The molecule has 1 amide bonds. The lowest BCUT2D eigenvalue weighted by atomic mass is 10.1. The van der Waals surface area contributed by atoms with E-state index in [0.29, 0.717) is 12.4 Å². The molecule has 24 heavy (non-hydrogen) atoms. The topological polar surface area (TPSA) is 64.1 Å². The Bertz CT molecular complexity index is 866. The van der Waals surface area contributed by atoms with E-state index in [9.17, 15) is 4.79 Å². The van der Waals surface area contributed by atoms with Crippen molar-refractivity contribution in [3.05, 3.63) is 64.4 Å². The van der Waals surface area contributed by atoms with E-state index in [1.54, 1.807) is 0 Å². The first kappa shape index (κ1) is 16.4. The third-order valence-electron chi connectivity index (χ3n) is 3.51. The maximum absolute atomic E-state index is 12.0. The number of carbonyl (C=O) groups is 1. The molecule has 0 aliphatic rings. The minimum atomic E-state index is -0.197. The number of aromatic nitrogens is 2. The Labute approximate surface area is 148 Å². The van der Waals surface area contributed by atoms with Gasteiger partial charge in [-0.3, -0.25) is 4.79 Å². The summed E-state index contributed by atoms with van der Waals surface area (Å²) >= 11 is 3.41. The predicted octanol–water partition coefficient (Wildman–Crippen LogP) is 3.40. The van der Waals surface area contributed by atoms with Crippen LogP contribution in [0.5, 0.6) is 5.88 Å². The Morgan fingerprint density at radius 3 is 2.75 bits per heavy atom. The van der Waals surface area contributed by atoms with Crippen molar-refractivity contribution >= 4 is 32.7 Å². The number of hydrogen-bond acceptors (Lipinski definition) is 4. The third-order valence-corrected chi connectivity index (χ3v) is 4.00. The zero-order valence-electron chi connectivity index (χ0n) is 13.1. The Hall–Kier alpha value is -2.47. The van der Waals surface area contributed by atoms with E-state index in [4.69, 9.17) is 4.74 Å². The fourth-order valence-corrected chi connectivity index (χ4v) is 2.57. The zero-order chi connectivity index (χ0) is 16.9. The van der Waals surface area contributed by atoms with Gasteiger partial charge in [0.15, 0.2) is 6.61 Å². The van der Waals surface area contributed by atoms with Crippen molar-refractivity contribution in [2.45, 2.75) is 13.5 Å². The lowest BCUT2D eigenvalue weighted by molar-refractivity contribution is -0.123. The van der Waals surface area contributed by atoms with Gasteiger partial charge in [0.25, 0.3) is 5.91 Å². The van der Waals surface area contributed by atoms with Crippen molar-refractivity contribution in [1.82, 2.24) is 15.3 Å². The molecule has 5 nitrogen and oxygen atoms in total. The van der Waals surface area contributed by atoms with Gasteiger partial charge in [0, 0.05) is 11.0 Å². The molecule has 0 radical (unpaired) electrons. The van der Waals surface area contributed by atoms with Crippen molar-refractivity contribution in [3.8, 4) is 5.88 Å². The Balaban J connectivity index is 1.60. The van der Waals surface area contributed by atoms with Gasteiger partial charge in [0.05, 0.1) is 10.9 Å². The lowest BCUT2D eigenvalue weighted by Crippen LogP contribution is -2.28. The molecule has 0 unspecified atom stereocenters. The molecule has 122 valence electrons. The molecule has 1 N–H and O–H groups in total. The smallest absolute Gasteiger partial charge is 0.258 e. The van der Waals surface area contributed by atoms with Crippen molar-refractivity contribution in [3.63, 3.8) is 0 Å². The van der Waals surface area contributed by atoms with Gasteiger partial charge in [-0.2, -0.15) is 0 Å². The first-order valence-corrected chi connectivity index (χ1v) is 8.26. The van der Waals surface area contributed by atoms with E-state index < -0.39 is 0 Å². The number of hydrogen-bond donors (Lipinski definition) is 1. The van der Waals surface area contributed by atoms with E-state index >= 15 is 0 Å². The first-order chi connectivity index (χ1) is 11.6. The summed E-state index contributed by atoms with van der Waals surface area (Å²) in [6.45, 7) is 2.41. The molecule has 2 aromatic carbocycles.